The average Bonchev–Trinajstić information content (AvgIpc) is 3.20. The molecule has 1 heterocycles. The zero-order valence-electron chi connectivity index (χ0n) is 22.0. The van der Waals surface area contributed by atoms with Crippen molar-refractivity contribution in [2.75, 3.05) is 13.7 Å². The number of rotatable bonds is 10. The molecule has 4 rings (SSSR count). The van der Waals surface area contributed by atoms with E-state index in [0.29, 0.717) is 40.7 Å². The van der Waals surface area contributed by atoms with E-state index in [1.54, 1.807) is 12.1 Å². The van der Waals surface area contributed by atoms with Gasteiger partial charge in [-0.15, -0.1) is 0 Å². The third-order valence-electron chi connectivity index (χ3n) is 6.28. The Morgan fingerprint density at radius 1 is 1.08 bits per heavy atom. The van der Waals surface area contributed by atoms with E-state index in [-0.39, 0.29) is 12.6 Å². The molecule has 200 valence electrons. The molecule has 0 bridgehead atoms. The summed E-state index contributed by atoms with van der Waals surface area (Å²) in [6, 6.07) is 18.3. The van der Waals surface area contributed by atoms with Gasteiger partial charge in [0, 0.05) is 35.5 Å². The Kier molecular flexibility index (Phi) is 8.17. The van der Waals surface area contributed by atoms with Gasteiger partial charge in [0.05, 0.1) is 13.2 Å². The molecule has 0 aromatic heterocycles. The van der Waals surface area contributed by atoms with E-state index in [0.717, 1.165) is 16.7 Å². The Balaban J connectivity index is 1.57. The molecule has 1 aliphatic rings. The lowest BCUT2D eigenvalue weighted by atomic mass is 9.91. The number of nitrogens with zero attached hydrogens (tertiary/aromatic N) is 1. The number of amides is 1. The predicted molar refractivity (Wildman–Crippen MR) is 145 cm³/mol. The first-order valence-electron chi connectivity index (χ1n) is 12.5. The summed E-state index contributed by atoms with van der Waals surface area (Å²) >= 11 is 6.03. The van der Waals surface area contributed by atoms with Crippen LogP contribution < -0.4 is 14.2 Å². The second-order valence-electron chi connectivity index (χ2n) is 10.1. The SMILES string of the molecule is COc1cc(C(=O)N(CC(=O)O)Cc2ccc(OC(C)C)cc2)cc2c1O[C@](C)(Cc1ccc(Cl)cc1)C2. The molecule has 1 amide bonds. The molecule has 0 aliphatic carbocycles. The Morgan fingerprint density at radius 3 is 2.34 bits per heavy atom. The Hall–Kier alpha value is -3.71. The van der Waals surface area contributed by atoms with E-state index >= 15 is 0 Å². The van der Waals surface area contributed by atoms with Gasteiger partial charge in [-0.25, -0.2) is 0 Å². The number of halogens is 1. The van der Waals surface area contributed by atoms with Gasteiger partial charge in [-0.1, -0.05) is 35.9 Å². The van der Waals surface area contributed by atoms with Crippen molar-refractivity contribution in [3.05, 3.63) is 87.9 Å². The minimum atomic E-state index is -1.09. The number of carboxylic acid groups (broad SMARTS) is 1. The predicted octanol–water partition coefficient (Wildman–Crippen LogP) is 5.80. The molecule has 1 N–H and O–H groups in total. The van der Waals surface area contributed by atoms with Crippen LogP contribution in [0, 0.1) is 0 Å². The molecular formula is C30H32ClNO6. The highest BCUT2D eigenvalue weighted by atomic mass is 35.5. The van der Waals surface area contributed by atoms with E-state index < -0.39 is 24.0 Å². The smallest absolute Gasteiger partial charge is 0.323 e. The highest BCUT2D eigenvalue weighted by Crippen LogP contribution is 2.44. The summed E-state index contributed by atoms with van der Waals surface area (Å²) in [7, 11) is 1.53. The average molecular weight is 538 g/mol. The van der Waals surface area contributed by atoms with Crippen LogP contribution in [-0.4, -0.2) is 47.2 Å². The Morgan fingerprint density at radius 2 is 1.74 bits per heavy atom. The molecule has 0 saturated heterocycles. The van der Waals surface area contributed by atoms with Crippen molar-refractivity contribution in [3.63, 3.8) is 0 Å². The number of hydrogen-bond acceptors (Lipinski definition) is 5. The summed E-state index contributed by atoms with van der Waals surface area (Å²) < 4.78 is 17.6. The van der Waals surface area contributed by atoms with Gasteiger partial charge in [-0.05, 0) is 68.3 Å². The largest absolute Gasteiger partial charge is 0.493 e. The van der Waals surface area contributed by atoms with Crippen molar-refractivity contribution in [2.45, 2.75) is 51.9 Å². The van der Waals surface area contributed by atoms with E-state index in [1.807, 2.05) is 69.3 Å². The molecule has 3 aromatic carbocycles. The zero-order chi connectivity index (χ0) is 27.4. The minimum absolute atomic E-state index is 0.0396. The number of benzene rings is 3. The fourth-order valence-electron chi connectivity index (χ4n) is 4.71. The number of fused-ring (bicyclic) bond motifs is 1. The number of hydrogen-bond donors (Lipinski definition) is 1. The summed E-state index contributed by atoms with van der Waals surface area (Å²) in [5, 5.41) is 10.2. The van der Waals surface area contributed by atoms with Crippen LogP contribution in [0.2, 0.25) is 5.02 Å². The summed E-state index contributed by atoms with van der Waals surface area (Å²) in [5.74, 6) is 0.263. The second-order valence-corrected chi connectivity index (χ2v) is 10.5. The van der Waals surface area contributed by atoms with Gasteiger partial charge in [0.25, 0.3) is 5.91 Å². The number of ether oxygens (including phenoxy) is 3. The van der Waals surface area contributed by atoms with Crippen molar-refractivity contribution in [3.8, 4) is 17.2 Å². The van der Waals surface area contributed by atoms with E-state index in [1.165, 1.54) is 12.0 Å². The van der Waals surface area contributed by atoms with Crippen LogP contribution in [0.1, 0.15) is 47.8 Å². The number of carbonyl (C=O) groups excluding carboxylic acids is 1. The van der Waals surface area contributed by atoms with E-state index in [4.69, 9.17) is 25.8 Å². The summed E-state index contributed by atoms with van der Waals surface area (Å²) in [5.41, 5.74) is 2.53. The zero-order valence-corrected chi connectivity index (χ0v) is 22.7. The van der Waals surface area contributed by atoms with Crippen LogP contribution in [0.15, 0.2) is 60.7 Å². The highest BCUT2D eigenvalue weighted by Gasteiger charge is 2.38. The molecule has 8 heteroatoms. The first kappa shape index (κ1) is 27.3. The van der Waals surface area contributed by atoms with Gasteiger partial charge in [0.1, 0.15) is 17.9 Å². The molecular weight excluding hydrogens is 506 g/mol. The summed E-state index contributed by atoms with van der Waals surface area (Å²) in [4.78, 5) is 26.5. The van der Waals surface area contributed by atoms with Crippen molar-refractivity contribution in [2.24, 2.45) is 0 Å². The highest BCUT2D eigenvalue weighted by molar-refractivity contribution is 6.30. The standard InChI is InChI=1S/C30H32ClNO6/c1-19(2)37-25-11-7-21(8-12-25)17-32(18-27(33)34)29(35)22-13-23-16-30(3,38-28(23)26(14-22)36-4)15-20-5-9-24(31)10-6-20/h5-14,19H,15-18H2,1-4H3,(H,33,34)/t30-/m1/s1. The third kappa shape index (κ3) is 6.58. The number of methoxy groups -OCH3 is 1. The van der Waals surface area contributed by atoms with Crippen LogP contribution in [0.3, 0.4) is 0 Å². The molecule has 0 saturated carbocycles. The van der Waals surface area contributed by atoms with Crippen molar-refractivity contribution in [1.82, 2.24) is 4.90 Å². The molecule has 7 nitrogen and oxygen atoms in total. The number of aliphatic carboxylic acids is 1. The Bertz CT molecular complexity index is 1310. The molecule has 0 radical (unpaired) electrons. The third-order valence-corrected chi connectivity index (χ3v) is 6.54. The first-order chi connectivity index (χ1) is 18.0. The summed E-state index contributed by atoms with van der Waals surface area (Å²) in [6.45, 7) is 5.60. The van der Waals surface area contributed by atoms with Crippen LogP contribution in [0.5, 0.6) is 17.2 Å². The fourth-order valence-corrected chi connectivity index (χ4v) is 4.84. The number of carbonyl (C=O) groups is 2. The molecule has 38 heavy (non-hydrogen) atoms. The van der Waals surface area contributed by atoms with Crippen LogP contribution in [0.25, 0.3) is 0 Å². The Labute approximate surface area is 227 Å². The molecule has 1 atom stereocenters. The fraction of sp³-hybridized carbons (Fsp3) is 0.333. The normalized spacial score (nSPS) is 16.1. The van der Waals surface area contributed by atoms with Crippen molar-refractivity contribution in [1.29, 1.82) is 0 Å². The van der Waals surface area contributed by atoms with Gasteiger partial charge in [-0.2, -0.15) is 0 Å². The molecule has 3 aromatic rings. The number of carboxylic acids is 1. The lowest BCUT2D eigenvalue weighted by molar-refractivity contribution is -0.137. The van der Waals surface area contributed by atoms with Crippen LogP contribution >= 0.6 is 11.6 Å². The maximum absolute atomic E-state index is 13.6. The first-order valence-corrected chi connectivity index (χ1v) is 12.8. The molecule has 0 spiro atoms. The lowest BCUT2D eigenvalue weighted by Crippen LogP contribution is -2.35. The monoisotopic (exact) mass is 537 g/mol. The van der Waals surface area contributed by atoms with Gasteiger partial charge < -0.3 is 24.2 Å². The topological polar surface area (TPSA) is 85.3 Å². The van der Waals surface area contributed by atoms with E-state index in [2.05, 4.69) is 0 Å². The molecule has 1 aliphatic heterocycles. The van der Waals surface area contributed by atoms with Crippen molar-refractivity contribution >= 4 is 23.5 Å². The van der Waals surface area contributed by atoms with Crippen molar-refractivity contribution < 1.29 is 28.9 Å². The van der Waals surface area contributed by atoms with Gasteiger partial charge in [-0.3, -0.25) is 9.59 Å². The van der Waals surface area contributed by atoms with Crippen LogP contribution in [-0.2, 0) is 24.2 Å². The second kappa shape index (κ2) is 11.4. The maximum atomic E-state index is 13.6. The minimum Gasteiger partial charge on any atom is -0.493 e. The van der Waals surface area contributed by atoms with Gasteiger partial charge >= 0.3 is 5.97 Å². The van der Waals surface area contributed by atoms with Gasteiger partial charge in [0.2, 0.25) is 0 Å². The van der Waals surface area contributed by atoms with Crippen LogP contribution in [0.4, 0.5) is 0 Å². The summed E-state index contributed by atoms with van der Waals surface area (Å²) in [6.07, 6.45) is 1.25. The maximum Gasteiger partial charge on any atom is 0.323 e. The molecule has 0 unspecified atom stereocenters. The molecule has 0 fully saturated rings. The quantitative estimate of drug-likeness (QED) is 0.352. The lowest BCUT2D eigenvalue weighted by Gasteiger charge is -2.24. The van der Waals surface area contributed by atoms with E-state index in [9.17, 15) is 14.7 Å². The van der Waals surface area contributed by atoms with Gasteiger partial charge in [0.15, 0.2) is 11.5 Å².